The molecule has 0 saturated heterocycles. The molecule has 0 fully saturated rings. The predicted octanol–water partition coefficient (Wildman–Crippen LogP) is 3.30. The summed E-state index contributed by atoms with van der Waals surface area (Å²) in [6.07, 6.45) is 0.942. The molecule has 0 spiro atoms. The van der Waals surface area contributed by atoms with Crippen LogP contribution in [0.1, 0.15) is 48.1 Å². The van der Waals surface area contributed by atoms with Gasteiger partial charge >= 0.3 is 0 Å². The lowest BCUT2D eigenvalue weighted by Gasteiger charge is -2.24. The average Bonchev–Trinajstić information content (AvgIpc) is 3.23. The first kappa shape index (κ1) is 28.0. The summed E-state index contributed by atoms with van der Waals surface area (Å²) < 4.78 is 28.0. The number of carbonyl (C=O) groups is 1. The Kier molecular flexibility index (Phi) is 9.33. The molecule has 0 saturated carbocycles. The third-order valence-corrected chi connectivity index (χ3v) is 8.47. The molecule has 7 nitrogen and oxygen atoms in total. The van der Waals surface area contributed by atoms with Crippen molar-refractivity contribution in [1.82, 2.24) is 10.0 Å². The van der Waals surface area contributed by atoms with Gasteiger partial charge in [0, 0.05) is 18.9 Å². The molecule has 1 aliphatic carbocycles. The highest BCUT2D eigenvalue weighted by atomic mass is 32.2. The van der Waals surface area contributed by atoms with E-state index in [4.69, 9.17) is 0 Å². The Bertz CT molecular complexity index is 1310. The van der Waals surface area contributed by atoms with Crippen LogP contribution in [0.15, 0.2) is 83.8 Å². The number of hydrogen-bond acceptors (Lipinski definition) is 5. The molecule has 3 aromatic rings. The summed E-state index contributed by atoms with van der Waals surface area (Å²) >= 11 is 0. The van der Waals surface area contributed by atoms with Gasteiger partial charge in [-0.15, -0.1) is 0 Å². The maximum atomic E-state index is 13.4. The number of benzene rings is 3. The Hall–Kier alpha value is -3.04. The fourth-order valence-electron chi connectivity index (χ4n) is 5.03. The van der Waals surface area contributed by atoms with Crippen LogP contribution in [0.4, 0.5) is 0 Å². The van der Waals surface area contributed by atoms with E-state index in [2.05, 4.69) is 17.0 Å². The number of fused-ring (bicyclic) bond motifs is 1. The molecule has 1 aliphatic rings. The lowest BCUT2D eigenvalue weighted by Crippen LogP contribution is -2.41. The number of aryl methyl sites for hydroxylation is 1. The molecule has 0 heterocycles. The van der Waals surface area contributed by atoms with Crippen LogP contribution in [0.2, 0.25) is 0 Å². The number of aliphatic hydroxyl groups is 2. The SMILES string of the molecule is CCCc1ccc(S(=O)(=O)NC[C@@H](O)C[C@@H](Cc2ccccc2)C(=O)N[C@H]2c3ccccc3C[C@H]2O)cc1. The summed E-state index contributed by atoms with van der Waals surface area (Å²) in [4.78, 5) is 13.6. The Morgan fingerprint density at radius 2 is 1.66 bits per heavy atom. The first-order valence-electron chi connectivity index (χ1n) is 13.1. The maximum Gasteiger partial charge on any atom is 0.240 e. The van der Waals surface area contributed by atoms with Crippen molar-refractivity contribution in [2.24, 2.45) is 5.92 Å². The third-order valence-electron chi connectivity index (χ3n) is 7.04. The van der Waals surface area contributed by atoms with E-state index in [1.165, 1.54) is 0 Å². The van der Waals surface area contributed by atoms with Crippen LogP contribution in [0.25, 0.3) is 0 Å². The van der Waals surface area contributed by atoms with Crippen molar-refractivity contribution < 1.29 is 23.4 Å². The van der Waals surface area contributed by atoms with Crippen molar-refractivity contribution in [2.75, 3.05) is 6.54 Å². The highest BCUT2D eigenvalue weighted by molar-refractivity contribution is 7.89. The van der Waals surface area contributed by atoms with Crippen molar-refractivity contribution in [3.8, 4) is 0 Å². The maximum absolute atomic E-state index is 13.4. The van der Waals surface area contributed by atoms with Crippen LogP contribution in [0.3, 0.4) is 0 Å². The Labute approximate surface area is 225 Å². The smallest absolute Gasteiger partial charge is 0.240 e. The van der Waals surface area contributed by atoms with Gasteiger partial charge in [0.25, 0.3) is 0 Å². The highest BCUT2D eigenvalue weighted by Gasteiger charge is 2.34. The van der Waals surface area contributed by atoms with Gasteiger partial charge < -0.3 is 15.5 Å². The monoisotopic (exact) mass is 536 g/mol. The first-order chi connectivity index (χ1) is 18.3. The van der Waals surface area contributed by atoms with Gasteiger partial charge in [-0.3, -0.25) is 4.79 Å². The number of sulfonamides is 1. The van der Waals surface area contributed by atoms with Crippen LogP contribution < -0.4 is 10.0 Å². The minimum absolute atomic E-state index is 0.0587. The summed E-state index contributed by atoms with van der Waals surface area (Å²) in [5.41, 5.74) is 3.89. The fourth-order valence-corrected chi connectivity index (χ4v) is 6.10. The minimum Gasteiger partial charge on any atom is -0.392 e. The summed E-state index contributed by atoms with van der Waals surface area (Å²) in [5, 5.41) is 24.4. The van der Waals surface area contributed by atoms with E-state index in [9.17, 15) is 23.4 Å². The number of rotatable bonds is 12. The largest absolute Gasteiger partial charge is 0.392 e. The summed E-state index contributed by atoms with van der Waals surface area (Å²) in [7, 11) is -3.80. The third kappa shape index (κ3) is 7.08. The molecule has 4 atom stereocenters. The number of carbonyl (C=O) groups excluding carboxylic acids is 1. The van der Waals surface area contributed by atoms with Gasteiger partial charge in [-0.25, -0.2) is 13.1 Å². The van der Waals surface area contributed by atoms with Crippen LogP contribution in [0, 0.1) is 5.92 Å². The van der Waals surface area contributed by atoms with Crippen LogP contribution in [-0.2, 0) is 34.1 Å². The van der Waals surface area contributed by atoms with Gasteiger partial charge in [-0.2, -0.15) is 0 Å². The zero-order chi connectivity index (χ0) is 27.1. The second kappa shape index (κ2) is 12.7. The Balaban J connectivity index is 1.42. The first-order valence-corrected chi connectivity index (χ1v) is 14.6. The van der Waals surface area contributed by atoms with E-state index < -0.39 is 34.2 Å². The van der Waals surface area contributed by atoms with Crippen molar-refractivity contribution in [3.05, 3.63) is 101 Å². The van der Waals surface area contributed by atoms with Crippen molar-refractivity contribution >= 4 is 15.9 Å². The zero-order valence-corrected chi connectivity index (χ0v) is 22.4. The van der Waals surface area contributed by atoms with Crippen molar-refractivity contribution in [2.45, 2.75) is 62.2 Å². The topological polar surface area (TPSA) is 116 Å². The lowest BCUT2D eigenvalue weighted by molar-refractivity contribution is -0.127. The molecule has 0 aliphatic heterocycles. The van der Waals surface area contributed by atoms with Crippen molar-refractivity contribution in [1.29, 1.82) is 0 Å². The van der Waals surface area contributed by atoms with Gasteiger partial charge in [0.1, 0.15) is 0 Å². The average molecular weight is 537 g/mol. The molecule has 8 heteroatoms. The van der Waals surface area contributed by atoms with Gasteiger partial charge in [0.2, 0.25) is 15.9 Å². The predicted molar refractivity (Wildman–Crippen MR) is 147 cm³/mol. The standard InChI is InChI=1S/C30H36N2O5S/c1-2-8-21-13-15-26(16-14-21)38(36,37)31-20-25(33)18-24(17-22-9-4-3-5-10-22)30(35)32-29-27-12-7-6-11-23(27)19-28(29)34/h3-7,9-16,24-25,28-29,31,33-34H,2,8,17-20H2,1H3,(H,32,35)/t24-,25+,28-,29+/m1/s1. The summed E-state index contributed by atoms with van der Waals surface area (Å²) in [6.45, 7) is 1.85. The number of nitrogens with one attached hydrogen (secondary N) is 2. The quantitative estimate of drug-likeness (QED) is 0.284. The lowest BCUT2D eigenvalue weighted by atomic mass is 9.92. The van der Waals surface area contributed by atoms with Gasteiger partial charge in [-0.1, -0.05) is 80.1 Å². The van der Waals surface area contributed by atoms with E-state index in [0.29, 0.717) is 12.8 Å². The molecule has 0 unspecified atom stereocenters. The molecule has 4 rings (SSSR count). The molecule has 0 radical (unpaired) electrons. The number of aliphatic hydroxyl groups excluding tert-OH is 2. The second-order valence-electron chi connectivity index (χ2n) is 9.98. The van der Waals surface area contributed by atoms with Gasteiger partial charge in [-0.05, 0) is 53.6 Å². The molecule has 38 heavy (non-hydrogen) atoms. The van der Waals surface area contributed by atoms with Crippen LogP contribution >= 0.6 is 0 Å². The normalized spacial score (nSPS) is 18.5. The van der Waals surface area contributed by atoms with Crippen molar-refractivity contribution in [3.63, 3.8) is 0 Å². The van der Waals surface area contributed by atoms with E-state index in [-0.39, 0.29) is 23.8 Å². The van der Waals surface area contributed by atoms with E-state index in [0.717, 1.165) is 35.1 Å². The molecular weight excluding hydrogens is 500 g/mol. The highest BCUT2D eigenvalue weighted by Crippen LogP contribution is 2.32. The Morgan fingerprint density at radius 3 is 2.37 bits per heavy atom. The number of amides is 1. The fraction of sp³-hybridized carbons (Fsp3) is 0.367. The van der Waals surface area contributed by atoms with Gasteiger partial charge in [0.15, 0.2) is 0 Å². The van der Waals surface area contributed by atoms with E-state index >= 15 is 0 Å². The molecule has 1 amide bonds. The Morgan fingerprint density at radius 1 is 0.974 bits per heavy atom. The zero-order valence-electron chi connectivity index (χ0n) is 21.6. The van der Waals surface area contributed by atoms with Gasteiger partial charge in [0.05, 0.1) is 23.1 Å². The van der Waals surface area contributed by atoms with E-state index in [1.54, 1.807) is 24.3 Å². The summed E-state index contributed by atoms with van der Waals surface area (Å²) in [6, 6.07) is 23.3. The minimum atomic E-state index is -3.80. The molecule has 3 aromatic carbocycles. The van der Waals surface area contributed by atoms with Crippen LogP contribution in [0.5, 0.6) is 0 Å². The molecule has 202 valence electrons. The van der Waals surface area contributed by atoms with Crippen LogP contribution in [-0.4, -0.2) is 43.3 Å². The summed E-state index contributed by atoms with van der Waals surface area (Å²) in [5.74, 6) is -0.909. The molecule has 4 N–H and O–H groups in total. The molecule has 0 bridgehead atoms. The molecule has 0 aromatic heterocycles. The second-order valence-corrected chi connectivity index (χ2v) is 11.7. The molecular formula is C30H36N2O5S. The number of hydrogen-bond donors (Lipinski definition) is 4. The van der Waals surface area contributed by atoms with E-state index in [1.807, 2.05) is 54.6 Å².